The molecule has 0 fully saturated rings. The first-order valence-electron chi connectivity index (χ1n) is 13.2. The van der Waals surface area contributed by atoms with Gasteiger partial charge in [0.1, 0.15) is 38.8 Å². The summed E-state index contributed by atoms with van der Waals surface area (Å²) in [4.78, 5) is 25.0. The number of nitrogens with one attached hydrogen (secondary N) is 3. The zero-order chi connectivity index (χ0) is 31.2. The number of aryl methyl sites for hydroxylation is 1. The van der Waals surface area contributed by atoms with Gasteiger partial charge in [0.2, 0.25) is 5.91 Å². The van der Waals surface area contributed by atoms with E-state index in [4.69, 9.17) is 29.8 Å². The molecule has 0 saturated carbocycles. The van der Waals surface area contributed by atoms with E-state index >= 15 is 0 Å². The van der Waals surface area contributed by atoms with Gasteiger partial charge in [-0.15, -0.1) is 21.5 Å². The van der Waals surface area contributed by atoms with Crippen molar-refractivity contribution >= 4 is 56.8 Å². The summed E-state index contributed by atoms with van der Waals surface area (Å²) in [5.74, 6) is 3.61. The van der Waals surface area contributed by atoms with Crippen molar-refractivity contribution in [2.24, 2.45) is 0 Å². The van der Waals surface area contributed by atoms with Crippen LogP contribution in [-0.4, -0.2) is 72.0 Å². The highest BCUT2D eigenvalue weighted by molar-refractivity contribution is 8.26. The summed E-state index contributed by atoms with van der Waals surface area (Å²) in [6, 6.07) is 10.6. The monoisotopic (exact) mass is 645 g/mol. The Morgan fingerprint density at radius 1 is 0.767 bits per heavy atom. The van der Waals surface area contributed by atoms with E-state index in [-0.39, 0.29) is 36.1 Å². The van der Waals surface area contributed by atoms with Crippen molar-refractivity contribution in [3.8, 4) is 23.0 Å². The Kier molecular flexibility index (Phi) is 13.8. The fourth-order valence-electron chi connectivity index (χ4n) is 3.84. The number of thioether (sulfide) groups is 2. The summed E-state index contributed by atoms with van der Waals surface area (Å²) in [6.45, 7) is 0. The molecule has 1 heterocycles. The van der Waals surface area contributed by atoms with E-state index in [1.54, 1.807) is 50.2 Å². The number of hydrogen-bond acceptors (Lipinski definition) is 13. The highest BCUT2D eigenvalue weighted by Crippen LogP contribution is 2.24. The van der Waals surface area contributed by atoms with Crippen molar-refractivity contribution in [3.63, 3.8) is 0 Å². The second-order valence-corrected chi connectivity index (χ2v) is 12.6. The first-order chi connectivity index (χ1) is 20.7. The Labute approximate surface area is 263 Å². The zero-order valence-corrected chi connectivity index (χ0v) is 26.9. The van der Waals surface area contributed by atoms with Crippen LogP contribution in [0.5, 0.6) is 23.0 Å². The third-order valence-corrected chi connectivity index (χ3v) is 8.58. The molecule has 0 spiro atoms. The van der Waals surface area contributed by atoms with Gasteiger partial charge in [-0.25, -0.2) is 0 Å². The maximum Gasteiger partial charge on any atom is 0.230 e. The fraction of sp³-hybridized carbons (Fsp3) is 0.379. The van der Waals surface area contributed by atoms with E-state index < -0.39 is 0 Å². The van der Waals surface area contributed by atoms with Crippen molar-refractivity contribution in [1.29, 1.82) is 10.8 Å². The van der Waals surface area contributed by atoms with Gasteiger partial charge in [-0.05, 0) is 58.7 Å². The van der Waals surface area contributed by atoms with Crippen molar-refractivity contribution in [2.75, 3.05) is 39.9 Å². The lowest BCUT2D eigenvalue weighted by molar-refractivity contribution is -0.119. The van der Waals surface area contributed by atoms with Crippen LogP contribution in [0, 0.1) is 10.8 Å². The SMILES string of the molecule is COc1cc(CC(=O)Cc2nnc(CCSCCC(=N)SC(=N)NC(=O)Cc3cc(OC)cc(OC)c3)s2)cc(OC)c1. The molecule has 0 unspecified atom stereocenters. The van der Waals surface area contributed by atoms with Crippen molar-refractivity contribution < 1.29 is 28.5 Å². The van der Waals surface area contributed by atoms with Gasteiger partial charge in [0.05, 0.1) is 46.3 Å². The number of ether oxygens (including phenoxy) is 4. The van der Waals surface area contributed by atoms with Crippen LogP contribution in [0.4, 0.5) is 0 Å². The Morgan fingerprint density at radius 3 is 1.86 bits per heavy atom. The molecule has 0 aliphatic carbocycles. The first-order valence-corrected chi connectivity index (χ1v) is 16.0. The molecule has 0 radical (unpaired) electrons. The van der Waals surface area contributed by atoms with Gasteiger partial charge in [-0.1, -0.05) is 0 Å². The lowest BCUT2D eigenvalue weighted by Gasteiger charge is -2.10. The van der Waals surface area contributed by atoms with Crippen LogP contribution in [0.1, 0.15) is 27.6 Å². The molecule has 3 rings (SSSR count). The summed E-state index contributed by atoms with van der Waals surface area (Å²) in [5.41, 5.74) is 1.51. The van der Waals surface area contributed by atoms with Crippen LogP contribution < -0.4 is 24.3 Å². The quantitative estimate of drug-likeness (QED) is 0.114. The lowest BCUT2D eigenvalue weighted by Crippen LogP contribution is -2.29. The molecule has 0 aliphatic heterocycles. The molecule has 2 aromatic carbocycles. The highest BCUT2D eigenvalue weighted by atomic mass is 32.2. The van der Waals surface area contributed by atoms with Crippen molar-refractivity contribution in [3.05, 3.63) is 57.5 Å². The third-order valence-electron chi connectivity index (χ3n) is 5.86. The molecule has 230 valence electrons. The second kappa shape index (κ2) is 17.5. The zero-order valence-electron chi connectivity index (χ0n) is 24.5. The maximum atomic E-state index is 12.6. The van der Waals surface area contributed by atoms with E-state index in [0.717, 1.165) is 28.1 Å². The highest BCUT2D eigenvalue weighted by Gasteiger charge is 2.14. The maximum absolute atomic E-state index is 12.6. The predicted molar refractivity (Wildman–Crippen MR) is 172 cm³/mol. The van der Waals surface area contributed by atoms with Crippen LogP contribution in [0.25, 0.3) is 0 Å². The van der Waals surface area contributed by atoms with Crippen LogP contribution in [0.15, 0.2) is 36.4 Å². The van der Waals surface area contributed by atoms with Gasteiger partial charge >= 0.3 is 0 Å². The number of amides is 1. The second-order valence-electron chi connectivity index (χ2n) is 9.12. The summed E-state index contributed by atoms with van der Waals surface area (Å²) < 4.78 is 21.0. The Hall–Kier alpha value is -3.62. The molecular formula is C29H35N5O6S3. The Balaban J connectivity index is 1.32. The summed E-state index contributed by atoms with van der Waals surface area (Å²) in [7, 11) is 6.22. The average molecular weight is 646 g/mol. The van der Waals surface area contributed by atoms with Crippen LogP contribution in [-0.2, 0) is 35.3 Å². The minimum Gasteiger partial charge on any atom is -0.497 e. The normalized spacial score (nSPS) is 10.6. The van der Waals surface area contributed by atoms with E-state index in [1.807, 2.05) is 12.1 Å². The largest absolute Gasteiger partial charge is 0.497 e. The third kappa shape index (κ3) is 11.9. The fourth-order valence-corrected chi connectivity index (χ4v) is 6.48. The van der Waals surface area contributed by atoms with Gasteiger partial charge in [0, 0.05) is 31.4 Å². The number of Topliss-reactive ketones (excluding diaryl/α,β-unsaturated/α-hetero) is 1. The van der Waals surface area contributed by atoms with Gasteiger partial charge in [0.15, 0.2) is 5.17 Å². The molecule has 3 N–H and O–H groups in total. The van der Waals surface area contributed by atoms with Gasteiger partial charge in [-0.2, -0.15) is 11.8 Å². The minimum atomic E-state index is -0.353. The lowest BCUT2D eigenvalue weighted by atomic mass is 10.1. The van der Waals surface area contributed by atoms with Gasteiger partial charge < -0.3 is 24.3 Å². The summed E-state index contributed by atoms with van der Waals surface area (Å²) >= 11 is 4.03. The van der Waals surface area contributed by atoms with Crippen molar-refractivity contribution in [1.82, 2.24) is 15.5 Å². The average Bonchev–Trinajstić information content (AvgIpc) is 3.42. The summed E-state index contributed by atoms with van der Waals surface area (Å²) in [6.07, 6.45) is 1.71. The molecule has 0 saturated heterocycles. The molecule has 1 amide bonds. The smallest absolute Gasteiger partial charge is 0.230 e. The molecule has 0 bridgehead atoms. The minimum absolute atomic E-state index is 0.0330. The molecule has 14 heteroatoms. The van der Waals surface area contributed by atoms with E-state index in [2.05, 4.69) is 15.5 Å². The molecule has 43 heavy (non-hydrogen) atoms. The van der Waals surface area contributed by atoms with Gasteiger partial charge in [0.25, 0.3) is 0 Å². The number of methoxy groups -OCH3 is 4. The number of nitrogens with zero attached hydrogens (tertiary/aromatic N) is 2. The van der Waals surface area contributed by atoms with Crippen LogP contribution in [0.2, 0.25) is 0 Å². The van der Waals surface area contributed by atoms with Gasteiger partial charge in [-0.3, -0.25) is 20.4 Å². The topological polar surface area (TPSA) is 157 Å². The number of ketones is 1. The Bertz CT molecular complexity index is 1390. The van der Waals surface area contributed by atoms with E-state index in [0.29, 0.717) is 57.2 Å². The number of hydrogen-bond donors (Lipinski definition) is 3. The van der Waals surface area contributed by atoms with Crippen LogP contribution in [0.3, 0.4) is 0 Å². The number of carbonyl (C=O) groups excluding carboxylic acids is 2. The molecule has 1 aromatic heterocycles. The molecule has 0 aliphatic rings. The van der Waals surface area contributed by atoms with E-state index in [9.17, 15) is 9.59 Å². The first kappa shape index (κ1) is 33.9. The number of amidine groups is 1. The molecule has 3 aromatic rings. The number of aromatic nitrogens is 2. The standard InChI is InChI=1S/C29H35N5O6S3/c1-37-21-10-18(11-22(16-21)38-2)9-20(35)15-28-34-33-27(43-28)6-8-41-7-5-25(30)42-29(31)32-26(36)14-19-12-23(39-3)17-24(13-19)40-4/h10-13,16-17,30H,5-9,14-15H2,1-4H3,(H2,31,32,36). The number of rotatable bonds is 16. The molecule has 0 atom stereocenters. The number of carbonyl (C=O) groups is 2. The number of benzene rings is 2. The predicted octanol–water partition coefficient (Wildman–Crippen LogP) is 4.60. The van der Waals surface area contributed by atoms with E-state index in [1.165, 1.54) is 25.6 Å². The molecular weight excluding hydrogens is 611 g/mol. The van der Waals surface area contributed by atoms with Crippen molar-refractivity contribution in [2.45, 2.75) is 32.1 Å². The summed E-state index contributed by atoms with van der Waals surface area (Å²) in [5, 5.41) is 28.8. The molecule has 11 nitrogen and oxygen atoms in total. The Morgan fingerprint density at radius 2 is 1.30 bits per heavy atom. The van der Waals surface area contributed by atoms with Crippen LogP contribution >= 0.6 is 34.9 Å².